The standard InChI is InChI=1S/C18H22O3S/c1-18-10-6-9-13(18)16(17(20)21-2)14(11-15(18)19)22-12-7-4-3-5-8-12/h3-5,7-8,13-14,16H,6,9-11H2,1-2H3/t13-,14-,16-,18-/m0/s1. The Morgan fingerprint density at radius 1 is 1.32 bits per heavy atom. The van der Waals surface area contributed by atoms with Crippen LogP contribution in [0.2, 0.25) is 0 Å². The van der Waals surface area contributed by atoms with Gasteiger partial charge in [-0.15, -0.1) is 11.8 Å². The lowest BCUT2D eigenvalue weighted by atomic mass is 9.63. The molecule has 1 aromatic rings. The Kier molecular flexibility index (Phi) is 4.31. The fourth-order valence-electron chi connectivity index (χ4n) is 4.16. The van der Waals surface area contributed by atoms with Crippen LogP contribution in [0.3, 0.4) is 0 Å². The van der Waals surface area contributed by atoms with Gasteiger partial charge in [0, 0.05) is 22.0 Å². The predicted octanol–water partition coefficient (Wildman–Crippen LogP) is 3.72. The van der Waals surface area contributed by atoms with Crippen LogP contribution in [-0.4, -0.2) is 24.1 Å². The minimum Gasteiger partial charge on any atom is -0.469 e. The van der Waals surface area contributed by atoms with Gasteiger partial charge in [-0.1, -0.05) is 31.5 Å². The summed E-state index contributed by atoms with van der Waals surface area (Å²) in [6.45, 7) is 2.05. The van der Waals surface area contributed by atoms with Gasteiger partial charge < -0.3 is 4.74 Å². The molecule has 0 N–H and O–H groups in total. The van der Waals surface area contributed by atoms with Crippen molar-refractivity contribution in [2.75, 3.05) is 7.11 Å². The van der Waals surface area contributed by atoms with Crippen molar-refractivity contribution >= 4 is 23.5 Å². The largest absolute Gasteiger partial charge is 0.469 e. The average Bonchev–Trinajstić information content (AvgIpc) is 2.91. The second-order valence-corrected chi connectivity index (χ2v) is 7.87. The third kappa shape index (κ3) is 2.58. The monoisotopic (exact) mass is 318 g/mol. The van der Waals surface area contributed by atoms with E-state index in [1.807, 2.05) is 37.3 Å². The summed E-state index contributed by atoms with van der Waals surface area (Å²) >= 11 is 1.65. The Balaban J connectivity index is 1.90. The second-order valence-electron chi connectivity index (χ2n) is 6.56. The second kappa shape index (κ2) is 6.07. The Morgan fingerprint density at radius 3 is 2.73 bits per heavy atom. The predicted molar refractivity (Wildman–Crippen MR) is 86.7 cm³/mol. The maximum absolute atomic E-state index is 12.7. The molecule has 3 rings (SSSR count). The lowest BCUT2D eigenvalue weighted by Gasteiger charge is -2.43. The topological polar surface area (TPSA) is 43.4 Å². The number of fused-ring (bicyclic) bond motifs is 1. The highest BCUT2D eigenvalue weighted by Gasteiger charge is 2.56. The van der Waals surface area contributed by atoms with Crippen molar-refractivity contribution in [3.63, 3.8) is 0 Å². The number of methoxy groups -OCH3 is 1. The molecule has 0 radical (unpaired) electrons. The van der Waals surface area contributed by atoms with Crippen molar-refractivity contribution in [2.24, 2.45) is 17.3 Å². The van der Waals surface area contributed by atoms with Crippen LogP contribution in [-0.2, 0) is 14.3 Å². The number of ether oxygens (including phenoxy) is 1. The van der Waals surface area contributed by atoms with Crippen LogP contribution < -0.4 is 0 Å². The lowest BCUT2D eigenvalue weighted by molar-refractivity contribution is -0.153. The van der Waals surface area contributed by atoms with Gasteiger partial charge in [0.2, 0.25) is 0 Å². The summed E-state index contributed by atoms with van der Waals surface area (Å²) < 4.78 is 5.08. The first-order valence-electron chi connectivity index (χ1n) is 7.89. The number of carbonyl (C=O) groups is 2. The van der Waals surface area contributed by atoms with Gasteiger partial charge in [-0.05, 0) is 30.9 Å². The molecule has 0 unspecified atom stereocenters. The van der Waals surface area contributed by atoms with Crippen molar-refractivity contribution < 1.29 is 14.3 Å². The molecule has 2 aliphatic carbocycles. The van der Waals surface area contributed by atoms with E-state index >= 15 is 0 Å². The maximum Gasteiger partial charge on any atom is 0.310 e. The van der Waals surface area contributed by atoms with E-state index in [2.05, 4.69) is 0 Å². The minimum absolute atomic E-state index is 0.0153. The molecule has 0 spiro atoms. The Bertz CT molecular complexity index is 571. The van der Waals surface area contributed by atoms with Crippen molar-refractivity contribution in [2.45, 2.75) is 42.8 Å². The van der Waals surface area contributed by atoms with E-state index in [0.29, 0.717) is 12.2 Å². The molecule has 0 aromatic heterocycles. The first kappa shape index (κ1) is 15.6. The van der Waals surface area contributed by atoms with Gasteiger partial charge in [0.1, 0.15) is 5.78 Å². The van der Waals surface area contributed by atoms with Crippen molar-refractivity contribution in [3.05, 3.63) is 30.3 Å². The zero-order chi connectivity index (χ0) is 15.7. The van der Waals surface area contributed by atoms with Gasteiger partial charge >= 0.3 is 5.97 Å². The van der Waals surface area contributed by atoms with Gasteiger partial charge in [0.15, 0.2) is 0 Å². The van der Waals surface area contributed by atoms with Crippen LogP contribution in [0.1, 0.15) is 32.6 Å². The summed E-state index contributed by atoms with van der Waals surface area (Å²) in [7, 11) is 1.45. The fourth-order valence-corrected chi connectivity index (χ4v) is 5.50. The number of hydrogen-bond donors (Lipinski definition) is 0. The van der Waals surface area contributed by atoms with Gasteiger partial charge in [0.25, 0.3) is 0 Å². The molecule has 0 aliphatic heterocycles. The van der Waals surface area contributed by atoms with Gasteiger partial charge in [0.05, 0.1) is 13.0 Å². The quantitative estimate of drug-likeness (QED) is 0.797. The van der Waals surface area contributed by atoms with E-state index in [4.69, 9.17) is 4.74 Å². The highest BCUT2D eigenvalue weighted by Crippen LogP contribution is 2.55. The number of hydrogen-bond acceptors (Lipinski definition) is 4. The number of ketones is 1. The van der Waals surface area contributed by atoms with Crippen LogP contribution in [0.4, 0.5) is 0 Å². The highest BCUT2D eigenvalue weighted by atomic mass is 32.2. The number of rotatable bonds is 3. The average molecular weight is 318 g/mol. The number of carbonyl (C=O) groups excluding carboxylic acids is 2. The molecule has 3 nitrogen and oxygen atoms in total. The van der Waals surface area contributed by atoms with Crippen LogP contribution in [0.15, 0.2) is 35.2 Å². The normalized spacial score (nSPS) is 34.3. The third-order valence-electron chi connectivity index (χ3n) is 5.39. The molecular weight excluding hydrogens is 296 g/mol. The smallest absolute Gasteiger partial charge is 0.310 e. The van der Waals surface area contributed by atoms with Crippen molar-refractivity contribution in [1.82, 2.24) is 0 Å². The fraction of sp³-hybridized carbons (Fsp3) is 0.556. The molecule has 4 atom stereocenters. The molecule has 1 aromatic carbocycles. The maximum atomic E-state index is 12.7. The molecule has 0 saturated heterocycles. The first-order valence-corrected chi connectivity index (χ1v) is 8.77. The molecule has 0 amide bonds. The van der Waals surface area contributed by atoms with E-state index < -0.39 is 0 Å². The number of esters is 1. The Morgan fingerprint density at radius 2 is 2.05 bits per heavy atom. The summed E-state index contributed by atoms with van der Waals surface area (Å²) in [5.74, 6) is 0.116. The molecule has 2 aliphatic rings. The molecule has 22 heavy (non-hydrogen) atoms. The van der Waals surface area contributed by atoms with Gasteiger partial charge in [-0.3, -0.25) is 9.59 Å². The third-order valence-corrected chi connectivity index (χ3v) is 6.70. The summed E-state index contributed by atoms with van der Waals surface area (Å²) in [4.78, 5) is 26.2. The van der Waals surface area contributed by atoms with Crippen LogP contribution in [0, 0.1) is 17.3 Å². The zero-order valence-electron chi connectivity index (χ0n) is 13.1. The summed E-state index contributed by atoms with van der Waals surface area (Å²) in [5, 5.41) is -0.0153. The zero-order valence-corrected chi connectivity index (χ0v) is 13.9. The van der Waals surface area contributed by atoms with E-state index in [0.717, 1.165) is 24.2 Å². The number of thioether (sulfide) groups is 1. The SMILES string of the molecule is COC(=O)[C@@H]1[C@@H](Sc2ccccc2)CC(=O)[C@@]2(C)CCC[C@@H]12. The number of benzene rings is 1. The molecule has 4 heteroatoms. The van der Waals surface area contributed by atoms with Gasteiger partial charge in [-0.25, -0.2) is 0 Å². The Hall–Kier alpha value is -1.29. The van der Waals surface area contributed by atoms with Crippen LogP contribution in [0.25, 0.3) is 0 Å². The van der Waals surface area contributed by atoms with E-state index in [1.54, 1.807) is 11.8 Å². The molecule has 118 valence electrons. The summed E-state index contributed by atoms with van der Waals surface area (Å²) in [6.07, 6.45) is 3.36. The summed E-state index contributed by atoms with van der Waals surface area (Å²) in [5.41, 5.74) is -0.327. The van der Waals surface area contributed by atoms with E-state index in [-0.39, 0.29) is 28.5 Å². The molecule has 0 bridgehead atoms. The molecule has 2 fully saturated rings. The van der Waals surface area contributed by atoms with E-state index in [9.17, 15) is 9.59 Å². The lowest BCUT2D eigenvalue weighted by Crippen LogP contribution is -2.49. The van der Waals surface area contributed by atoms with Crippen molar-refractivity contribution in [1.29, 1.82) is 0 Å². The summed E-state index contributed by atoms with van der Waals surface area (Å²) in [6, 6.07) is 10.0. The number of Topliss-reactive ketones (excluding diaryl/α,β-unsaturated/α-hetero) is 1. The Labute approximate surface area is 135 Å². The van der Waals surface area contributed by atoms with Gasteiger partial charge in [-0.2, -0.15) is 0 Å². The molecule has 2 saturated carbocycles. The van der Waals surface area contributed by atoms with Crippen molar-refractivity contribution in [3.8, 4) is 0 Å². The van der Waals surface area contributed by atoms with Crippen LogP contribution >= 0.6 is 11.8 Å². The molecular formula is C18H22O3S. The highest BCUT2D eigenvalue weighted by molar-refractivity contribution is 8.00. The van der Waals surface area contributed by atoms with E-state index in [1.165, 1.54) is 7.11 Å². The minimum atomic E-state index is -0.327. The first-order chi connectivity index (χ1) is 10.6. The molecule has 0 heterocycles. The van der Waals surface area contributed by atoms with Crippen LogP contribution in [0.5, 0.6) is 0 Å².